The van der Waals surface area contributed by atoms with E-state index in [1.54, 1.807) is 0 Å². The van der Waals surface area contributed by atoms with Gasteiger partial charge in [0, 0.05) is 0 Å². The molecule has 0 radical (unpaired) electrons. The van der Waals surface area contributed by atoms with Gasteiger partial charge in [-0.2, -0.15) is 5.26 Å². The monoisotopic (exact) mass is 173 g/mol. The maximum absolute atomic E-state index is 8.64. The first kappa shape index (κ1) is 8.28. The molecular formula is C11H11NO. The van der Waals surface area contributed by atoms with Crippen LogP contribution in [-0.4, -0.2) is 6.61 Å². The number of ether oxygens (including phenoxy) is 1. The first-order chi connectivity index (χ1) is 6.42. The minimum atomic E-state index is 0.517. The van der Waals surface area contributed by atoms with Crippen LogP contribution in [0.5, 0.6) is 0 Å². The third kappa shape index (κ3) is 1.56. The van der Waals surface area contributed by atoms with Crippen molar-refractivity contribution >= 4 is 0 Å². The molecule has 2 nitrogen and oxygen atoms in total. The third-order valence-electron chi connectivity index (χ3n) is 2.39. The number of fused-ring (bicyclic) bond motifs is 1. The van der Waals surface area contributed by atoms with E-state index in [1.807, 2.05) is 12.1 Å². The predicted molar refractivity (Wildman–Crippen MR) is 49.1 cm³/mol. The van der Waals surface area contributed by atoms with Crippen molar-refractivity contribution < 1.29 is 4.74 Å². The number of benzene rings is 1. The van der Waals surface area contributed by atoms with E-state index in [4.69, 9.17) is 10.00 Å². The summed E-state index contributed by atoms with van der Waals surface area (Å²) in [4.78, 5) is 0. The molecule has 1 aromatic rings. The Bertz CT molecular complexity index is 352. The van der Waals surface area contributed by atoms with Crippen molar-refractivity contribution in [2.75, 3.05) is 6.61 Å². The minimum absolute atomic E-state index is 0.517. The number of nitrogens with zero attached hydrogens (tertiary/aromatic N) is 1. The Morgan fingerprint density at radius 2 is 2.38 bits per heavy atom. The molecule has 0 bridgehead atoms. The molecule has 1 aliphatic rings. The van der Waals surface area contributed by atoms with Gasteiger partial charge in [0.2, 0.25) is 0 Å². The highest BCUT2D eigenvalue weighted by Gasteiger charge is 2.12. The second kappa shape index (κ2) is 3.59. The number of nitriles is 1. The van der Waals surface area contributed by atoms with Crippen LogP contribution in [0.4, 0.5) is 0 Å². The van der Waals surface area contributed by atoms with Crippen molar-refractivity contribution in [3.63, 3.8) is 0 Å². The van der Waals surface area contributed by atoms with E-state index in [0.717, 1.165) is 13.0 Å². The molecule has 13 heavy (non-hydrogen) atoms. The van der Waals surface area contributed by atoms with Crippen LogP contribution in [0.2, 0.25) is 0 Å². The summed E-state index contributed by atoms with van der Waals surface area (Å²) in [5.41, 5.74) is 3.75. The summed E-state index contributed by atoms with van der Waals surface area (Å²) in [6.45, 7) is 1.49. The van der Waals surface area contributed by atoms with E-state index < -0.39 is 0 Å². The quantitative estimate of drug-likeness (QED) is 0.649. The van der Waals surface area contributed by atoms with Gasteiger partial charge in [0.05, 0.1) is 25.7 Å². The maximum atomic E-state index is 8.64. The summed E-state index contributed by atoms with van der Waals surface area (Å²) in [6, 6.07) is 8.31. The van der Waals surface area contributed by atoms with E-state index in [-0.39, 0.29) is 0 Å². The minimum Gasteiger partial charge on any atom is -0.376 e. The number of hydrogen-bond acceptors (Lipinski definition) is 2. The molecule has 0 N–H and O–H groups in total. The second-order valence-corrected chi connectivity index (χ2v) is 3.19. The van der Waals surface area contributed by atoms with E-state index in [1.165, 1.54) is 16.7 Å². The molecule has 0 saturated carbocycles. The highest BCUT2D eigenvalue weighted by atomic mass is 16.5. The molecule has 2 heteroatoms. The van der Waals surface area contributed by atoms with Crippen LogP contribution in [0.25, 0.3) is 0 Å². The fraction of sp³-hybridized carbons (Fsp3) is 0.364. The molecule has 0 aliphatic carbocycles. The average Bonchev–Trinajstić information content (AvgIpc) is 2.19. The Labute approximate surface area is 77.8 Å². The molecule has 66 valence electrons. The van der Waals surface area contributed by atoms with Gasteiger partial charge in [-0.15, -0.1) is 0 Å². The Morgan fingerprint density at radius 1 is 1.46 bits per heavy atom. The molecule has 0 aromatic heterocycles. The summed E-state index contributed by atoms with van der Waals surface area (Å²) in [5.74, 6) is 0. The van der Waals surface area contributed by atoms with Gasteiger partial charge in [0.1, 0.15) is 0 Å². The highest BCUT2D eigenvalue weighted by molar-refractivity contribution is 5.37. The Kier molecular flexibility index (Phi) is 2.29. The molecule has 1 aliphatic heterocycles. The zero-order valence-electron chi connectivity index (χ0n) is 7.42. The van der Waals surface area contributed by atoms with Gasteiger partial charge in [-0.1, -0.05) is 18.2 Å². The van der Waals surface area contributed by atoms with E-state index >= 15 is 0 Å². The lowest BCUT2D eigenvalue weighted by atomic mass is 9.96. The van der Waals surface area contributed by atoms with Crippen LogP contribution in [0.1, 0.15) is 16.7 Å². The summed E-state index contributed by atoms with van der Waals surface area (Å²) in [6.07, 6.45) is 1.47. The van der Waals surface area contributed by atoms with Crippen molar-refractivity contribution in [1.29, 1.82) is 5.26 Å². The van der Waals surface area contributed by atoms with Crippen molar-refractivity contribution in [1.82, 2.24) is 0 Å². The molecule has 0 saturated heterocycles. The van der Waals surface area contributed by atoms with Crippen LogP contribution in [-0.2, 0) is 24.2 Å². The predicted octanol–water partition coefficient (Wildman–Crippen LogP) is 1.83. The lowest BCUT2D eigenvalue weighted by Gasteiger charge is -2.18. The van der Waals surface area contributed by atoms with Gasteiger partial charge < -0.3 is 4.74 Å². The molecule has 0 spiro atoms. The molecule has 1 aromatic carbocycles. The van der Waals surface area contributed by atoms with Gasteiger partial charge >= 0.3 is 0 Å². The number of rotatable bonds is 1. The molecule has 2 rings (SSSR count). The zero-order valence-corrected chi connectivity index (χ0v) is 7.42. The molecule has 1 heterocycles. The molecule has 0 atom stereocenters. The summed E-state index contributed by atoms with van der Waals surface area (Å²) < 4.78 is 5.35. The van der Waals surface area contributed by atoms with Gasteiger partial charge in [-0.3, -0.25) is 0 Å². The first-order valence-electron chi connectivity index (χ1n) is 4.46. The van der Waals surface area contributed by atoms with Crippen molar-refractivity contribution in [3.8, 4) is 6.07 Å². The SMILES string of the molecule is N#CCc1cccc2c1CCOC2. The van der Waals surface area contributed by atoms with Crippen LogP contribution in [0.3, 0.4) is 0 Å². The average molecular weight is 173 g/mol. The van der Waals surface area contributed by atoms with Crippen LogP contribution < -0.4 is 0 Å². The first-order valence-corrected chi connectivity index (χ1v) is 4.46. The topological polar surface area (TPSA) is 33.0 Å². The van der Waals surface area contributed by atoms with Crippen LogP contribution >= 0.6 is 0 Å². The summed E-state index contributed by atoms with van der Waals surface area (Å²) in [7, 11) is 0. The Morgan fingerprint density at radius 3 is 3.23 bits per heavy atom. The van der Waals surface area contributed by atoms with Crippen molar-refractivity contribution in [2.45, 2.75) is 19.4 Å². The molecule has 0 unspecified atom stereocenters. The lowest BCUT2D eigenvalue weighted by Crippen LogP contribution is -2.11. The standard InChI is InChI=1S/C11H11NO/c12-6-4-9-2-1-3-10-8-13-7-5-11(9)10/h1-3H,4-5,7-8H2. The lowest BCUT2D eigenvalue weighted by molar-refractivity contribution is 0.110. The van der Waals surface area contributed by atoms with Crippen LogP contribution in [0.15, 0.2) is 18.2 Å². The second-order valence-electron chi connectivity index (χ2n) is 3.19. The fourth-order valence-corrected chi connectivity index (χ4v) is 1.75. The Hall–Kier alpha value is -1.33. The third-order valence-corrected chi connectivity index (χ3v) is 2.39. The van der Waals surface area contributed by atoms with Gasteiger partial charge in [0.25, 0.3) is 0 Å². The normalized spacial score (nSPS) is 14.7. The summed E-state index contributed by atoms with van der Waals surface area (Å²) >= 11 is 0. The van der Waals surface area contributed by atoms with Crippen molar-refractivity contribution in [3.05, 3.63) is 34.9 Å². The smallest absolute Gasteiger partial charge is 0.0719 e. The van der Waals surface area contributed by atoms with Crippen molar-refractivity contribution in [2.24, 2.45) is 0 Å². The summed E-state index contributed by atoms with van der Waals surface area (Å²) in [5, 5.41) is 8.64. The van der Waals surface area contributed by atoms with E-state index in [0.29, 0.717) is 13.0 Å². The van der Waals surface area contributed by atoms with Crippen LogP contribution in [0, 0.1) is 11.3 Å². The highest BCUT2D eigenvalue weighted by Crippen LogP contribution is 2.20. The fourth-order valence-electron chi connectivity index (χ4n) is 1.75. The Balaban J connectivity index is 2.41. The van der Waals surface area contributed by atoms with Gasteiger partial charge in [0.15, 0.2) is 0 Å². The van der Waals surface area contributed by atoms with E-state index in [9.17, 15) is 0 Å². The van der Waals surface area contributed by atoms with Gasteiger partial charge in [-0.25, -0.2) is 0 Å². The molecule has 0 fully saturated rings. The van der Waals surface area contributed by atoms with E-state index in [2.05, 4.69) is 12.1 Å². The van der Waals surface area contributed by atoms with Gasteiger partial charge in [-0.05, 0) is 23.1 Å². The number of hydrogen-bond donors (Lipinski definition) is 0. The maximum Gasteiger partial charge on any atom is 0.0719 e. The zero-order chi connectivity index (χ0) is 9.10. The molecular weight excluding hydrogens is 162 g/mol. The largest absolute Gasteiger partial charge is 0.376 e. The molecule has 0 amide bonds.